The lowest BCUT2D eigenvalue weighted by Gasteiger charge is -2.02. The molecule has 5 heteroatoms. The molecule has 0 aliphatic heterocycles. The average Bonchev–Trinajstić information content (AvgIpc) is 2.52. The molecule has 0 atom stereocenters. The molecule has 1 rings (SSSR count). The number of hydroxylamine groups is 1. The molecule has 0 radical (unpaired) electrons. The standard InChI is InChI=1S/C7H11N3O2/c1-2-5-10-6(3-4-8-10)7(11)9-12/h3-4,12H,2,5H2,1H3,(H,9,11). The van der Waals surface area contributed by atoms with E-state index in [-0.39, 0.29) is 0 Å². The lowest BCUT2D eigenvalue weighted by Crippen LogP contribution is -2.22. The molecule has 0 aromatic carbocycles. The second kappa shape index (κ2) is 3.87. The molecule has 1 amide bonds. The molecule has 5 nitrogen and oxygen atoms in total. The Bertz CT molecular complexity index is 269. The third-order valence-corrected chi connectivity index (χ3v) is 1.49. The van der Waals surface area contributed by atoms with Crippen LogP contribution in [0.15, 0.2) is 12.3 Å². The summed E-state index contributed by atoms with van der Waals surface area (Å²) in [5, 5.41) is 12.3. The van der Waals surface area contributed by atoms with Gasteiger partial charge in [-0.1, -0.05) is 6.92 Å². The van der Waals surface area contributed by atoms with Crippen LogP contribution in [0, 0.1) is 0 Å². The highest BCUT2D eigenvalue weighted by Gasteiger charge is 2.09. The van der Waals surface area contributed by atoms with Crippen molar-refractivity contribution >= 4 is 5.91 Å². The van der Waals surface area contributed by atoms with Gasteiger partial charge >= 0.3 is 0 Å². The van der Waals surface area contributed by atoms with Crippen molar-refractivity contribution in [2.45, 2.75) is 19.9 Å². The Kier molecular flexibility index (Phi) is 2.82. The zero-order valence-electron chi connectivity index (χ0n) is 6.82. The SMILES string of the molecule is CCCn1nccc1C(=O)NO. The predicted octanol–water partition coefficient (Wildman–Crippen LogP) is 0.412. The molecule has 0 fully saturated rings. The minimum absolute atomic E-state index is 0.374. The van der Waals surface area contributed by atoms with Gasteiger partial charge in [-0.25, -0.2) is 5.48 Å². The first kappa shape index (κ1) is 8.73. The van der Waals surface area contributed by atoms with E-state index in [9.17, 15) is 4.79 Å². The molecule has 0 bridgehead atoms. The van der Waals surface area contributed by atoms with Crippen LogP contribution in [0.1, 0.15) is 23.8 Å². The number of aromatic nitrogens is 2. The Labute approximate surface area is 70.0 Å². The second-order valence-corrected chi connectivity index (χ2v) is 2.38. The van der Waals surface area contributed by atoms with Gasteiger partial charge < -0.3 is 0 Å². The Morgan fingerprint density at radius 3 is 3.17 bits per heavy atom. The van der Waals surface area contributed by atoms with Gasteiger partial charge in [0.15, 0.2) is 0 Å². The maximum absolute atomic E-state index is 10.9. The Morgan fingerprint density at radius 1 is 1.83 bits per heavy atom. The first-order chi connectivity index (χ1) is 5.79. The van der Waals surface area contributed by atoms with Gasteiger partial charge in [-0.2, -0.15) is 5.10 Å². The summed E-state index contributed by atoms with van der Waals surface area (Å²) in [6, 6.07) is 1.56. The minimum atomic E-state index is -0.527. The molecule has 1 heterocycles. The maximum Gasteiger partial charge on any atom is 0.292 e. The van der Waals surface area contributed by atoms with Gasteiger partial charge in [0, 0.05) is 12.7 Å². The summed E-state index contributed by atoms with van der Waals surface area (Å²) in [5.41, 5.74) is 1.94. The van der Waals surface area contributed by atoms with Crippen molar-refractivity contribution < 1.29 is 10.0 Å². The monoisotopic (exact) mass is 169 g/mol. The van der Waals surface area contributed by atoms with Crippen molar-refractivity contribution in [2.24, 2.45) is 0 Å². The first-order valence-electron chi connectivity index (χ1n) is 3.75. The molecule has 1 aromatic rings. The van der Waals surface area contributed by atoms with E-state index < -0.39 is 5.91 Å². The lowest BCUT2D eigenvalue weighted by molar-refractivity contribution is 0.0694. The fourth-order valence-corrected chi connectivity index (χ4v) is 0.973. The molecule has 1 aromatic heterocycles. The lowest BCUT2D eigenvalue weighted by atomic mass is 10.4. The molecule has 0 aliphatic rings. The number of hydrogen-bond acceptors (Lipinski definition) is 3. The summed E-state index contributed by atoms with van der Waals surface area (Å²) in [6.45, 7) is 2.66. The summed E-state index contributed by atoms with van der Waals surface area (Å²) < 4.78 is 1.55. The number of hydrogen-bond donors (Lipinski definition) is 2. The number of rotatable bonds is 3. The molecule has 66 valence electrons. The van der Waals surface area contributed by atoms with Crippen LogP contribution in [0.4, 0.5) is 0 Å². The molecule has 0 saturated heterocycles. The summed E-state index contributed by atoms with van der Waals surface area (Å²) in [4.78, 5) is 10.9. The number of carbonyl (C=O) groups excluding carboxylic acids is 1. The van der Waals surface area contributed by atoms with Crippen LogP contribution in [-0.2, 0) is 6.54 Å². The fraction of sp³-hybridized carbons (Fsp3) is 0.429. The van der Waals surface area contributed by atoms with E-state index in [1.807, 2.05) is 6.92 Å². The van der Waals surface area contributed by atoms with E-state index in [1.165, 1.54) is 6.20 Å². The molecular formula is C7H11N3O2. The Balaban J connectivity index is 2.83. The third kappa shape index (κ3) is 1.62. The fourth-order valence-electron chi connectivity index (χ4n) is 0.973. The van der Waals surface area contributed by atoms with Crippen LogP contribution in [0.2, 0.25) is 0 Å². The highest BCUT2D eigenvalue weighted by molar-refractivity contribution is 5.91. The molecule has 2 N–H and O–H groups in total. The van der Waals surface area contributed by atoms with Crippen molar-refractivity contribution in [3.8, 4) is 0 Å². The Hall–Kier alpha value is -1.36. The molecule has 12 heavy (non-hydrogen) atoms. The van der Waals surface area contributed by atoms with Crippen molar-refractivity contribution in [1.82, 2.24) is 15.3 Å². The summed E-state index contributed by atoms with van der Waals surface area (Å²) in [6.07, 6.45) is 2.42. The van der Waals surface area contributed by atoms with Crippen LogP contribution < -0.4 is 5.48 Å². The smallest absolute Gasteiger partial charge is 0.288 e. The van der Waals surface area contributed by atoms with Crippen molar-refractivity contribution in [2.75, 3.05) is 0 Å². The van der Waals surface area contributed by atoms with E-state index in [0.717, 1.165) is 6.42 Å². The molecule has 0 unspecified atom stereocenters. The highest BCUT2D eigenvalue weighted by atomic mass is 16.5. The van der Waals surface area contributed by atoms with E-state index in [2.05, 4.69) is 5.10 Å². The topological polar surface area (TPSA) is 67.2 Å². The van der Waals surface area contributed by atoms with Gasteiger partial charge in [0.05, 0.1) is 0 Å². The maximum atomic E-state index is 10.9. The average molecular weight is 169 g/mol. The number of aryl methyl sites for hydroxylation is 1. The van der Waals surface area contributed by atoms with Gasteiger partial charge in [0.25, 0.3) is 5.91 Å². The number of nitrogens with zero attached hydrogens (tertiary/aromatic N) is 2. The van der Waals surface area contributed by atoms with E-state index in [0.29, 0.717) is 12.2 Å². The highest BCUT2D eigenvalue weighted by Crippen LogP contribution is 1.99. The van der Waals surface area contributed by atoms with Crippen molar-refractivity contribution in [3.63, 3.8) is 0 Å². The molecular weight excluding hydrogens is 158 g/mol. The van der Waals surface area contributed by atoms with E-state index in [1.54, 1.807) is 16.2 Å². The van der Waals surface area contributed by atoms with Crippen molar-refractivity contribution in [3.05, 3.63) is 18.0 Å². The molecule has 0 saturated carbocycles. The number of nitrogens with one attached hydrogen (secondary N) is 1. The van der Waals surface area contributed by atoms with Crippen molar-refractivity contribution in [1.29, 1.82) is 0 Å². The van der Waals surface area contributed by atoms with Gasteiger partial charge in [0.2, 0.25) is 0 Å². The quantitative estimate of drug-likeness (QED) is 0.508. The summed E-state index contributed by atoms with van der Waals surface area (Å²) in [5.74, 6) is -0.527. The normalized spacial score (nSPS) is 9.83. The zero-order valence-corrected chi connectivity index (χ0v) is 6.82. The largest absolute Gasteiger partial charge is 0.292 e. The zero-order chi connectivity index (χ0) is 8.97. The minimum Gasteiger partial charge on any atom is -0.288 e. The number of carbonyl (C=O) groups is 1. The molecule has 0 aliphatic carbocycles. The van der Waals surface area contributed by atoms with Crippen LogP contribution in [-0.4, -0.2) is 20.9 Å². The summed E-state index contributed by atoms with van der Waals surface area (Å²) >= 11 is 0. The van der Waals surface area contributed by atoms with Crippen LogP contribution >= 0.6 is 0 Å². The first-order valence-corrected chi connectivity index (χ1v) is 3.75. The molecule has 0 spiro atoms. The number of amides is 1. The van der Waals surface area contributed by atoms with Crippen LogP contribution in [0.25, 0.3) is 0 Å². The van der Waals surface area contributed by atoms with Gasteiger partial charge in [-0.3, -0.25) is 14.7 Å². The van der Waals surface area contributed by atoms with Crippen LogP contribution in [0.5, 0.6) is 0 Å². The second-order valence-electron chi connectivity index (χ2n) is 2.38. The third-order valence-electron chi connectivity index (χ3n) is 1.49. The van der Waals surface area contributed by atoms with Crippen LogP contribution in [0.3, 0.4) is 0 Å². The Morgan fingerprint density at radius 2 is 2.58 bits per heavy atom. The predicted molar refractivity (Wildman–Crippen MR) is 41.8 cm³/mol. The summed E-state index contributed by atoms with van der Waals surface area (Å²) in [7, 11) is 0. The van der Waals surface area contributed by atoms with Gasteiger partial charge in [-0.05, 0) is 12.5 Å². The van der Waals surface area contributed by atoms with E-state index >= 15 is 0 Å². The van der Waals surface area contributed by atoms with E-state index in [4.69, 9.17) is 5.21 Å². The van der Waals surface area contributed by atoms with Gasteiger partial charge in [0.1, 0.15) is 5.69 Å². The van der Waals surface area contributed by atoms with Gasteiger partial charge in [-0.15, -0.1) is 0 Å².